The van der Waals surface area contributed by atoms with Crippen LogP contribution in [0.15, 0.2) is 34.9 Å². The van der Waals surface area contributed by atoms with Crippen LogP contribution in [0.25, 0.3) is 0 Å². The fourth-order valence-corrected chi connectivity index (χ4v) is 2.71. The topological polar surface area (TPSA) is 55.9 Å². The van der Waals surface area contributed by atoms with E-state index in [1.165, 1.54) is 11.1 Å². The minimum absolute atomic E-state index is 0.0716. The minimum Gasteiger partial charge on any atom is -0.275 e. The Hall–Kier alpha value is -1.17. The number of nitrogens with zero attached hydrogens (tertiary/aromatic N) is 2. The Balaban J connectivity index is 2.27. The molecule has 1 aromatic heterocycles. The normalized spacial score (nSPS) is 12.6. The van der Waals surface area contributed by atoms with Gasteiger partial charge in [-0.15, -0.1) is 0 Å². The van der Waals surface area contributed by atoms with Gasteiger partial charge in [0.2, 0.25) is 0 Å². The van der Waals surface area contributed by atoms with E-state index in [2.05, 4.69) is 39.4 Å². The highest BCUT2D eigenvalue weighted by Gasteiger charge is 2.17. The number of hydrogen-bond acceptors (Lipinski definition) is 3. The van der Waals surface area contributed by atoms with Crippen LogP contribution in [0.3, 0.4) is 0 Å². The highest BCUT2D eigenvalue weighted by atomic mass is 79.9. The van der Waals surface area contributed by atoms with Crippen LogP contribution in [0.2, 0.25) is 0 Å². The molecule has 2 rings (SSSR count). The van der Waals surface area contributed by atoms with Gasteiger partial charge in [0.1, 0.15) is 0 Å². The maximum Gasteiger partial charge on any atom is 0.0670 e. The standard InChI is InChI=1S/C14H19BrN4/c1-3-13-11(9-19(2)18-13)14(17-16)8-10-6-4-5-7-12(10)15/h4-7,9,14,17H,3,8,16H2,1-2H3. The second kappa shape index (κ2) is 6.32. The molecule has 0 aliphatic carbocycles. The Bertz CT molecular complexity index is 550. The molecule has 0 saturated heterocycles. The van der Waals surface area contributed by atoms with Gasteiger partial charge in [-0.2, -0.15) is 5.10 Å². The molecule has 0 fully saturated rings. The molecule has 102 valence electrons. The molecular formula is C14H19BrN4. The first-order chi connectivity index (χ1) is 9.15. The summed E-state index contributed by atoms with van der Waals surface area (Å²) < 4.78 is 2.95. The lowest BCUT2D eigenvalue weighted by Gasteiger charge is -2.16. The molecule has 1 unspecified atom stereocenters. The first kappa shape index (κ1) is 14.2. The summed E-state index contributed by atoms with van der Waals surface area (Å²) in [5.74, 6) is 5.73. The third-order valence-electron chi connectivity index (χ3n) is 3.23. The summed E-state index contributed by atoms with van der Waals surface area (Å²) in [6.07, 6.45) is 3.78. The Morgan fingerprint density at radius 3 is 2.79 bits per heavy atom. The second-order valence-corrected chi connectivity index (χ2v) is 5.43. The van der Waals surface area contributed by atoms with Crippen LogP contribution in [0.4, 0.5) is 0 Å². The maximum atomic E-state index is 5.73. The van der Waals surface area contributed by atoms with Crippen molar-refractivity contribution in [1.82, 2.24) is 15.2 Å². The summed E-state index contributed by atoms with van der Waals surface area (Å²) in [6.45, 7) is 2.11. The van der Waals surface area contributed by atoms with Gasteiger partial charge in [-0.05, 0) is 24.5 Å². The van der Waals surface area contributed by atoms with E-state index in [1.54, 1.807) is 0 Å². The van der Waals surface area contributed by atoms with Crippen LogP contribution in [0, 0.1) is 0 Å². The average molecular weight is 323 g/mol. The number of hydrazine groups is 1. The summed E-state index contributed by atoms with van der Waals surface area (Å²) in [7, 11) is 1.94. The zero-order valence-electron chi connectivity index (χ0n) is 11.2. The number of hydrogen-bond donors (Lipinski definition) is 2. The highest BCUT2D eigenvalue weighted by Crippen LogP contribution is 2.25. The number of aryl methyl sites for hydroxylation is 2. The monoisotopic (exact) mass is 322 g/mol. The molecule has 0 radical (unpaired) electrons. The molecule has 1 atom stereocenters. The third kappa shape index (κ3) is 3.23. The van der Waals surface area contributed by atoms with Crippen molar-refractivity contribution in [3.63, 3.8) is 0 Å². The molecule has 0 aliphatic heterocycles. The summed E-state index contributed by atoms with van der Waals surface area (Å²) >= 11 is 3.58. The van der Waals surface area contributed by atoms with E-state index in [-0.39, 0.29) is 6.04 Å². The van der Waals surface area contributed by atoms with Crippen molar-refractivity contribution in [1.29, 1.82) is 0 Å². The molecule has 19 heavy (non-hydrogen) atoms. The molecule has 0 aliphatic rings. The van der Waals surface area contributed by atoms with Crippen LogP contribution in [0.1, 0.15) is 29.8 Å². The van der Waals surface area contributed by atoms with Crippen LogP contribution in [-0.2, 0) is 19.9 Å². The quantitative estimate of drug-likeness (QED) is 0.657. The van der Waals surface area contributed by atoms with Crippen molar-refractivity contribution < 1.29 is 0 Å². The van der Waals surface area contributed by atoms with Gasteiger partial charge in [-0.1, -0.05) is 41.1 Å². The summed E-state index contributed by atoms with van der Waals surface area (Å²) in [5.41, 5.74) is 6.41. The number of nitrogens with two attached hydrogens (primary N) is 1. The summed E-state index contributed by atoms with van der Waals surface area (Å²) in [6, 6.07) is 8.28. The van der Waals surface area contributed by atoms with E-state index < -0.39 is 0 Å². The Labute approximate surface area is 122 Å². The average Bonchev–Trinajstić information content (AvgIpc) is 2.79. The molecule has 0 saturated carbocycles. The van der Waals surface area contributed by atoms with Gasteiger partial charge < -0.3 is 0 Å². The zero-order chi connectivity index (χ0) is 13.8. The molecule has 2 aromatic rings. The zero-order valence-corrected chi connectivity index (χ0v) is 12.8. The van der Waals surface area contributed by atoms with Gasteiger partial charge in [0.15, 0.2) is 0 Å². The van der Waals surface area contributed by atoms with E-state index in [0.29, 0.717) is 0 Å². The van der Waals surface area contributed by atoms with Gasteiger partial charge >= 0.3 is 0 Å². The van der Waals surface area contributed by atoms with Crippen molar-refractivity contribution in [3.8, 4) is 0 Å². The fourth-order valence-electron chi connectivity index (χ4n) is 2.26. The molecule has 1 aromatic carbocycles. The number of benzene rings is 1. The predicted octanol–water partition coefficient (Wildman–Crippen LogP) is 2.49. The molecule has 3 N–H and O–H groups in total. The van der Waals surface area contributed by atoms with Crippen LogP contribution < -0.4 is 11.3 Å². The molecule has 0 bridgehead atoms. The van der Waals surface area contributed by atoms with Crippen LogP contribution >= 0.6 is 15.9 Å². The molecular weight excluding hydrogens is 304 g/mol. The summed E-state index contributed by atoms with van der Waals surface area (Å²) in [4.78, 5) is 0. The molecule has 1 heterocycles. The van der Waals surface area contributed by atoms with Crippen molar-refractivity contribution >= 4 is 15.9 Å². The Morgan fingerprint density at radius 1 is 1.42 bits per heavy atom. The smallest absolute Gasteiger partial charge is 0.0670 e. The maximum absolute atomic E-state index is 5.73. The van der Waals surface area contributed by atoms with Gasteiger partial charge in [-0.3, -0.25) is 16.0 Å². The van der Waals surface area contributed by atoms with Crippen molar-refractivity contribution in [2.75, 3.05) is 0 Å². The number of rotatable bonds is 5. The molecule has 0 amide bonds. The van der Waals surface area contributed by atoms with Gasteiger partial charge in [0, 0.05) is 23.3 Å². The summed E-state index contributed by atoms with van der Waals surface area (Å²) in [5, 5.41) is 4.47. The van der Waals surface area contributed by atoms with Crippen LogP contribution in [0.5, 0.6) is 0 Å². The van der Waals surface area contributed by atoms with E-state index >= 15 is 0 Å². The first-order valence-corrected chi connectivity index (χ1v) is 7.17. The van der Waals surface area contributed by atoms with E-state index in [4.69, 9.17) is 5.84 Å². The van der Waals surface area contributed by atoms with E-state index in [1.807, 2.05) is 36.1 Å². The van der Waals surface area contributed by atoms with E-state index in [9.17, 15) is 0 Å². The van der Waals surface area contributed by atoms with Crippen LogP contribution in [-0.4, -0.2) is 9.78 Å². The number of aromatic nitrogens is 2. The second-order valence-electron chi connectivity index (χ2n) is 4.57. The number of nitrogens with one attached hydrogen (secondary N) is 1. The SMILES string of the molecule is CCc1nn(C)cc1C(Cc1ccccc1Br)NN. The van der Waals surface area contributed by atoms with E-state index in [0.717, 1.165) is 23.0 Å². The molecule has 4 nitrogen and oxygen atoms in total. The van der Waals surface area contributed by atoms with Gasteiger partial charge in [0.25, 0.3) is 0 Å². The fraction of sp³-hybridized carbons (Fsp3) is 0.357. The van der Waals surface area contributed by atoms with Crippen molar-refractivity contribution in [2.24, 2.45) is 12.9 Å². The lowest BCUT2D eigenvalue weighted by atomic mass is 9.99. The van der Waals surface area contributed by atoms with Crippen molar-refractivity contribution in [3.05, 3.63) is 51.8 Å². The lowest BCUT2D eigenvalue weighted by molar-refractivity contribution is 0.547. The van der Waals surface area contributed by atoms with Crippen molar-refractivity contribution in [2.45, 2.75) is 25.8 Å². The predicted molar refractivity (Wildman–Crippen MR) is 80.5 cm³/mol. The molecule has 5 heteroatoms. The van der Waals surface area contributed by atoms with Gasteiger partial charge in [0.05, 0.1) is 11.7 Å². The van der Waals surface area contributed by atoms with Gasteiger partial charge in [-0.25, -0.2) is 0 Å². The molecule has 0 spiro atoms. The Morgan fingerprint density at radius 2 is 2.16 bits per heavy atom. The first-order valence-electron chi connectivity index (χ1n) is 6.37. The third-order valence-corrected chi connectivity index (χ3v) is 4.00. The minimum atomic E-state index is 0.0716. The highest BCUT2D eigenvalue weighted by molar-refractivity contribution is 9.10. The lowest BCUT2D eigenvalue weighted by Crippen LogP contribution is -2.30. The Kier molecular flexibility index (Phi) is 4.74. The number of halogens is 1. The largest absolute Gasteiger partial charge is 0.275 e.